The minimum atomic E-state index is -0.583. The van der Waals surface area contributed by atoms with Gasteiger partial charge in [0.2, 0.25) is 11.8 Å². The van der Waals surface area contributed by atoms with E-state index in [1.165, 1.54) is 12.0 Å². The van der Waals surface area contributed by atoms with Gasteiger partial charge in [0, 0.05) is 44.7 Å². The average molecular weight is 439 g/mol. The number of amides is 5. The van der Waals surface area contributed by atoms with Gasteiger partial charge in [-0.2, -0.15) is 0 Å². The van der Waals surface area contributed by atoms with Crippen molar-refractivity contribution in [2.45, 2.75) is 63.5 Å². The molecular formula is C24H30N4O4. The first-order chi connectivity index (χ1) is 15.5. The Morgan fingerprint density at radius 3 is 2.34 bits per heavy atom. The number of carbonyl (C=O) groups is 4. The highest BCUT2D eigenvalue weighted by Crippen LogP contribution is 2.34. The van der Waals surface area contributed by atoms with Gasteiger partial charge in [0.15, 0.2) is 0 Å². The van der Waals surface area contributed by atoms with E-state index in [1.54, 1.807) is 4.90 Å². The molecule has 32 heavy (non-hydrogen) atoms. The molecule has 4 aliphatic heterocycles. The van der Waals surface area contributed by atoms with Crippen molar-refractivity contribution in [3.8, 4) is 0 Å². The highest BCUT2D eigenvalue weighted by Gasteiger charge is 2.39. The lowest BCUT2D eigenvalue weighted by atomic mass is 9.88. The first-order valence-electron chi connectivity index (χ1n) is 11.8. The number of urea groups is 1. The summed E-state index contributed by atoms with van der Waals surface area (Å²) in [5.74, 6) is -0.426. The molecule has 0 aliphatic carbocycles. The molecule has 8 heteroatoms. The van der Waals surface area contributed by atoms with Crippen molar-refractivity contribution in [1.82, 2.24) is 20.0 Å². The Balaban J connectivity index is 1.22. The zero-order chi connectivity index (χ0) is 22.2. The molecule has 1 aromatic carbocycles. The van der Waals surface area contributed by atoms with Gasteiger partial charge < -0.3 is 14.7 Å². The van der Waals surface area contributed by atoms with Crippen LogP contribution >= 0.6 is 0 Å². The van der Waals surface area contributed by atoms with Gasteiger partial charge in [0.25, 0.3) is 5.91 Å². The van der Waals surface area contributed by atoms with Gasteiger partial charge in [0.05, 0.1) is 0 Å². The molecule has 0 aromatic heterocycles. The molecule has 3 fully saturated rings. The smallest absolute Gasteiger partial charge is 0.319 e. The highest BCUT2D eigenvalue weighted by atomic mass is 16.2. The number of rotatable bonds is 2. The van der Waals surface area contributed by atoms with Gasteiger partial charge in [-0.05, 0) is 61.6 Å². The predicted octanol–water partition coefficient (Wildman–Crippen LogP) is 2.23. The van der Waals surface area contributed by atoms with Crippen LogP contribution in [0.25, 0.3) is 0 Å². The number of piperidine rings is 3. The maximum absolute atomic E-state index is 12.9. The van der Waals surface area contributed by atoms with Crippen LogP contribution in [-0.4, -0.2) is 70.7 Å². The number of fused-ring (bicyclic) bond motifs is 1. The van der Waals surface area contributed by atoms with Crippen molar-refractivity contribution in [3.05, 3.63) is 34.9 Å². The molecule has 170 valence electrons. The lowest BCUT2D eigenvalue weighted by Crippen LogP contribution is -2.52. The Hall–Kier alpha value is -2.90. The Labute approximate surface area is 187 Å². The molecular weight excluding hydrogens is 408 g/mol. The molecule has 4 aliphatic rings. The van der Waals surface area contributed by atoms with Crippen LogP contribution in [0.1, 0.15) is 72.3 Å². The van der Waals surface area contributed by atoms with E-state index in [1.807, 2.05) is 21.9 Å². The molecule has 3 saturated heterocycles. The van der Waals surface area contributed by atoms with Crippen LogP contribution in [0.3, 0.4) is 0 Å². The quantitative estimate of drug-likeness (QED) is 0.717. The number of imide groups is 1. The molecule has 1 aromatic rings. The summed E-state index contributed by atoms with van der Waals surface area (Å²) in [7, 11) is 0. The van der Waals surface area contributed by atoms with Gasteiger partial charge in [0.1, 0.15) is 6.04 Å². The van der Waals surface area contributed by atoms with Gasteiger partial charge in [-0.1, -0.05) is 12.1 Å². The first kappa shape index (κ1) is 21.0. The Morgan fingerprint density at radius 1 is 0.906 bits per heavy atom. The summed E-state index contributed by atoms with van der Waals surface area (Å²) < 4.78 is 0. The lowest BCUT2D eigenvalue weighted by molar-refractivity contribution is -0.136. The minimum absolute atomic E-state index is 0.136. The summed E-state index contributed by atoms with van der Waals surface area (Å²) in [6, 6.07) is 5.61. The number of benzene rings is 1. The minimum Gasteiger partial charge on any atom is -0.325 e. The van der Waals surface area contributed by atoms with Crippen LogP contribution in [0.4, 0.5) is 4.79 Å². The summed E-state index contributed by atoms with van der Waals surface area (Å²) in [5.41, 5.74) is 2.80. The number of nitrogens with zero attached hydrogens (tertiary/aromatic N) is 3. The van der Waals surface area contributed by atoms with E-state index in [0.29, 0.717) is 24.4 Å². The molecule has 5 amide bonds. The summed E-state index contributed by atoms with van der Waals surface area (Å²) >= 11 is 0. The summed E-state index contributed by atoms with van der Waals surface area (Å²) in [4.78, 5) is 54.9. The molecule has 1 N–H and O–H groups in total. The Bertz CT molecular complexity index is 947. The van der Waals surface area contributed by atoms with Crippen molar-refractivity contribution >= 4 is 23.8 Å². The van der Waals surface area contributed by atoms with Gasteiger partial charge in [-0.25, -0.2) is 4.79 Å². The molecule has 8 nitrogen and oxygen atoms in total. The summed E-state index contributed by atoms with van der Waals surface area (Å²) in [6.07, 6.45) is 5.90. The van der Waals surface area contributed by atoms with Gasteiger partial charge >= 0.3 is 6.03 Å². The molecule has 5 rings (SSSR count). The van der Waals surface area contributed by atoms with Crippen LogP contribution in [0.2, 0.25) is 0 Å². The van der Waals surface area contributed by atoms with Crippen LogP contribution < -0.4 is 5.32 Å². The highest BCUT2D eigenvalue weighted by molar-refractivity contribution is 6.05. The molecule has 1 unspecified atom stereocenters. The van der Waals surface area contributed by atoms with E-state index < -0.39 is 6.04 Å². The van der Waals surface area contributed by atoms with E-state index in [4.69, 9.17) is 0 Å². The maximum atomic E-state index is 12.9. The largest absolute Gasteiger partial charge is 0.325 e. The van der Waals surface area contributed by atoms with Crippen molar-refractivity contribution in [2.75, 3.05) is 26.2 Å². The lowest BCUT2D eigenvalue weighted by Gasteiger charge is -2.37. The fourth-order valence-electron chi connectivity index (χ4n) is 5.54. The zero-order valence-electron chi connectivity index (χ0n) is 18.3. The average Bonchev–Trinajstić information content (AvgIpc) is 3.15. The third kappa shape index (κ3) is 3.87. The number of likely N-dealkylation sites (tertiary alicyclic amines) is 2. The van der Waals surface area contributed by atoms with E-state index in [9.17, 15) is 19.2 Å². The molecule has 0 radical (unpaired) electrons. The first-order valence-corrected chi connectivity index (χ1v) is 11.8. The summed E-state index contributed by atoms with van der Waals surface area (Å²) in [5, 5.41) is 2.35. The number of carbonyl (C=O) groups excluding carboxylic acids is 4. The normalized spacial score (nSPS) is 24.6. The third-order valence-corrected chi connectivity index (χ3v) is 7.41. The van der Waals surface area contributed by atoms with Crippen molar-refractivity contribution in [3.63, 3.8) is 0 Å². The molecule has 0 bridgehead atoms. The van der Waals surface area contributed by atoms with E-state index in [2.05, 4.69) is 11.4 Å². The van der Waals surface area contributed by atoms with Crippen molar-refractivity contribution in [1.29, 1.82) is 0 Å². The van der Waals surface area contributed by atoms with Crippen molar-refractivity contribution < 1.29 is 19.2 Å². The van der Waals surface area contributed by atoms with Crippen LogP contribution in [0, 0.1) is 0 Å². The number of nitrogens with one attached hydrogen (secondary N) is 1. The van der Waals surface area contributed by atoms with Gasteiger partial charge in [-0.3, -0.25) is 19.7 Å². The standard InChI is InChI=1S/C24H30N4O4/c29-21-7-6-20(22(30)25-21)28-15-18-14-17(4-5-19(18)23(28)31)16-8-12-27(13-9-16)24(32)26-10-2-1-3-11-26/h4-5,14,16,20H,1-3,6-13,15H2,(H,25,29,30). The predicted molar refractivity (Wildman–Crippen MR) is 117 cm³/mol. The van der Waals surface area contributed by atoms with Crippen LogP contribution in [-0.2, 0) is 16.1 Å². The number of hydrogen-bond donors (Lipinski definition) is 1. The fraction of sp³-hybridized carbons (Fsp3) is 0.583. The second-order valence-electron chi connectivity index (χ2n) is 9.41. The van der Waals surface area contributed by atoms with E-state index >= 15 is 0 Å². The van der Waals surface area contributed by atoms with E-state index in [-0.39, 0.29) is 30.2 Å². The van der Waals surface area contributed by atoms with Gasteiger partial charge in [-0.15, -0.1) is 0 Å². The zero-order valence-corrected chi connectivity index (χ0v) is 18.3. The molecule has 4 heterocycles. The maximum Gasteiger partial charge on any atom is 0.319 e. The Morgan fingerprint density at radius 2 is 1.62 bits per heavy atom. The molecule has 0 saturated carbocycles. The van der Waals surface area contributed by atoms with Crippen LogP contribution in [0.15, 0.2) is 18.2 Å². The number of hydrogen-bond acceptors (Lipinski definition) is 4. The third-order valence-electron chi connectivity index (χ3n) is 7.41. The monoisotopic (exact) mass is 438 g/mol. The molecule has 1 atom stereocenters. The van der Waals surface area contributed by atoms with E-state index in [0.717, 1.165) is 57.4 Å². The topological polar surface area (TPSA) is 90.0 Å². The van der Waals surface area contributed by atoms with Crippen LogP contribution in [0.5, 0.6) is 0 Å². The second kappa shape index (κ2) is 8.56. The second-order valence-corrected chi connectivity index (χ2v) is 9.41. The Kier molecular flexibility index (Phi) is 5.61. The van der Waals surface area contributed by atoms with Crippen molar-refractivity contribution in [2.24, 2.45) is 0 Å². The molecule has 0 spiro atoms. The fourth-order valence-corrected chi connectivity index (χ4v) is 5.54. The summed E-state index contributed by atoms with van der Waals surface area (Å²) in [6.45, 7) is 3.68. The SMILES string of the molecule is O=C1CCC(N2Cc3cc(C4CCN(C(=O)N5CCCCC5)CC4)ccc3C2=O)C(=O)N1.